The number of fused-ring (bicyclic) bond motifs is 1. The Morgan fingerprint density at radius 2 is 2.10 bits per heavy atom. The van der Waals surface area contributed by atoms with Crippen LogP contribution < -0.4 is 5.73 Å². The number of aryl methyl sites for hydroxylation is 2. The van der Waals surface area contributed by atoms with Gasteiger partial charge in [0, 0.05) is 29.4 Å². The van der Waals surface area contributed by atoms with Crippen LogP contribution in [0, 0.1) is 6.92 Å². The van der Waals surface area contributed by atoms with Crippen LogP contribution in [-0.2, 0) is 6.42 Å². The monoisotopic (exact) mass is 267 g/mol. The normalized spacial score (nSPS) is 19.4. The van der Waals surface area contributed by atoms with Gasteiger partial charge in [-0.1, -0.05) is 24.3 Å². The van der Waals surface area contributed by atoms with Crippen molar-refractivity contribution >= 4 is 0 Å². The van der Waals surface area contributed by atoms with Crippen LogP contribution in [0.5, 0.6) is 0 Å². The van der Waals surface area contributed by atoms with E-state index in [1.54, 1.807) is 0 Å². The molecule has 1 aliphatic rings. The summed E-state index contributed by atoms with van der Waals surface area (Å²) in [5, 5.41) is 0. The van der Waals surface area contributed by atoms with Crippen LogP contribution in [0.15, 0.2) is 30.5 Å². The lowest BCUT2D eigenvalue weighted by atomic mass is 9.82. The van der Waals surface area contributed by atoms with Crippen molar-refractivity contribution < 1.29 is 0 Å². The molecule has 0 fully saturated rings. The summed E-state index contributed by atoms with van der Waals surface area (Å²) < 4.78 is 0. The maximum absolute atomic E-state index is 5.94. The third-order valence-electron chi connectivity index (χ3n) is 4.21. The van der Waals surface area contributed by atoms with Gasteiger partial charge in [-0.25, -0.2) is 9.97 Å². The number of nitrogens with two attached hydrogens (primary N) is 1. The predicted molar refractivity (Wildman–Crippen MR) is 80.6 cm³/mol. The predicted octanol–water partition coefficient (Wildman–Crippen LogP) is 3.27. The number of hydrogen-bond donors (Lipinski definition) is 1. The Hall–Kier alpha value is -1.74. The summed E-state index contributed by atoms with van der Waals surface area (Å²) in [4.78, 5) is 9.32. The van der Waals surface area contributed by atoms with Crippen molar-refractivity contribution in [3.05, 3.63) is 58.7 Å². The van der Waals surface area contributed by atoms with Crippen molar-refractivity contribution in [3.8, 4) is 0 Å². The standard InChI is InChI=1S/C17H21N3/c1-11(18)16-10-19-17(20-12(16)2)15-9-5-7-13-6-3-4-8-14(13)15/h3-4,6,8,10-11,15H,5,7,9,18H2,1-2H3/t11-,15?/m1/s1. The van der Waals surface area contributed by atoms with Crippen LogP contribution in [0.2, 0.25) is 0 Å². The zero-order valence-electron chi connectivity index (χ0n) is 12.1. The highest BCUT2D eigenvalue weighted by molar-refractivity contribution is 5.36. The Labute approximate surface area is 120 Å². The molecule has 2 aromatic rings. The third-order valence-corrected chi connectivity index (χ3v) is 4.21. The lowest BCUT2D eigenvalue weighted by molar-refractivity contribution is 0.586. The van der Waals surface area contributed by atoms with Crippen molar-refractivity contribution in [2.45, 2.75) is 45.1 Å². The molecule has 3 nitrogen and oxygen atoms in total. The molecule has 2 N–H and O–H groups in total. The molecule has 0 amide bonds. The fourth-order valence-corrected chi connectivity index (χ4v) is 3.13. The Kier molecular flexibility index (Phi) is 3.53. The first-order valence-electron chi connectivity index (χ1n) is 7.33. The molecular weight excluding hydrogens is 246 g/mol. The zero-order valence-corrected chi connectivity index (χ0v) is 12.1. The van der Waals surface area contributed by atoms with Crippen LogP contribution >= 0.6 is 0 Å². The average Bonchev–Trinajstić information content (AvgIpc) is 2.46. The molecule has 0 bridgehead atoms. The first-order valence-corrected chi connectivity index (χ1v) is 7.33. The van der Waals surface area contributed by atoms with E-state index in [2.05, 4.69) is 29.2 Å². The van der Waals surface area contributed by atoms with Crippen LogP contribution in [0.25, 0.3) is 0 Å². The molecule has 0 saturated heterocycles. The van der Waals surface area contributed by atoms with E-state index < -0.39 is 0 Å². The molecule has 1 aromatic heterocycles. The second-order valence-corrected chi connectivity index (χ2v) is 5.70. The molecule has 0 aliphatic heterocycles. The van der Waals surface area contributed by atoms with Gasteiger partial charge in [-0.05, 0) is 44.2 Å². The molecular formula is C17H21N3. The SMILES string of the molecule is Cc1nc(C2CCCc3ccccc32)ncc1[C@@H](C)N. The van der Waals surface area contributed by atoms with Crippen molar-refractivity contribution in [1.82, 2.24) is 9.97 Å². The number of aromatic nitrogens is 2. The van der Waals surface area contributed by atoms with Gasteiger partial charge in [0.2, 0.25) is 0 Å². The summed E-state index contributed by atoms with van der Waals surface area (Å²) in [6.07, 6.45) is 5.41. The number of nitrogens with zero attached hydrogens (tertiary/aromatic N) is 2. The van der Waals surface area contributed by atoms with E-state index in [0.29, 0.717) is 5.92 Å². The molecule has 1 unspecified atom stereocenters. The molecule has 104 valence electrons. The highest BCUT2D eigenvalue weighted by atomic mass is 14.9. The summed E-state index contributed by atoms with van der Waals surface area (Å²) in [6.45, 7) is 4.00. The van der Waals surface area contributed by atoms with E-state index in [4.69, 9.17) is 10.7 Å². The molecule has 0 spiro atoms. The summed E-state index contributed by atoms with van der Waals surface area (Å²) in [6, 6.07) is 8.66. The molecule has 1 heterocycles. The van der Waals surface area contributed by atoms with Crippen molar-refractivity contribution in [2.75, 3.05) is 0 Å². The van der Waals surface area contributed by atoms with Gasteiger partial charge in [-0.2, -0.15) is 0 Å². The minimum atomic E-state index is -0.0114. The molecule has 3 rings (SSSR count). The first-order chi connectivity index (χ1) is 9.66. The van der Waals surface area contributed by atoms with Crippen LogP contribution in [0.4, 0.5) is 0 Å². The number of hydrogen-bond acceptors (Lipinski definition) is 3. The molecule has 1 aromatic carbocycles. The summed E-state index contributed by atoms with van der Waals surface area (Å²) in [5.74, 6) is 1.28. The zero-order chi connectivity index (χ0) is 14.1. The minimum absolute atomic E-state index is 0.0114. The van der Waals surface area contributed by atoms with E-state index in [1.807, 2.05) is 20.0 Å². The van der Waals surface area contributed by atoms with Crippen LogP contribution in [0.1, 0.15) is 59.9 Å². The summed E-state index contributed by atoms with van der Waals surface area (Å²) in [5.41, 5.74) is 10.8. The average molecular weight is 267 g/mol. The fraction of sp³-hybridized carbons (Fsp3) is 0.412. The fourth-order valence-electron chi connectivity index (χ4n) is 3.13. The lowest BCUT2D eigenvalue weighted by Crippen LogP contribution is -2.16. The van der Waals surface area contributed by atoms with Crippen LogP contribution in [-0.4, -0.2) is 9.97 Å². The Morgan fingerprint density at radius 1 is 1.30 bits per heavy atom. The van der Waals surface area contributed by atoms with Gasteiger partial charge >= 0.3 is 0 Å². The first kappa shape index (κ1) is 13.3. The third kappa shape index (κ3) is 2.34. The van der Waals surface area contributed by atoms with Gasteiger partial charge in [-0.15, -0.1) is 0 Å². The smallest absolute Gasteiger partial charge is 0.135 e. The molecule has 1 aliphatic carbocycles. The van der Waals surface area contributed by atoms with E-state index in [1.165, 1.54) is 24.0 Å². The summed E-state index contributed by atoms with van der Waals surface area (Å²) >= 11 is 0. The van der Waals surface area contributed by atoms with Gasteiger partial charge in [0.05, 0.1) is 0 Å². The van der Waals surface area contributed by atoms with Crippen LogP contribution in [0.3, 0.4) is 0 Å². The number of rotatable bonds is 2. The van der Waals surface area contributed by atoms with Crippen molar-refractivity contribution in [2.24, 2.45) is 5.73 Å². The lowest BCUT2D eigenvalue weighted by Gasteiger charge is -2.25. The quantitative estimate of drug-likeness (QED) is 0.908. The van der Waals surface area contributed by atoms with Gasteiger partial charge in [0.25, 0.3) is 0 Å². The molecule has 0 saturated carbocycles. The second-order valence-electron chi connectivity index (χ2n) is 5.70. The summed E-state index contributed by atoms with van der Waals surface area (Å²) in [7, 11) is 0. The maximum Gasteiger partial charge on any atom is 0.135 e. The molecule has 2 atom stereocenters. The van der Waals surface area contributed by atoms with E-state index in [-0.39, 0.29) is 6.04 Å². The van der Waals surface area contributed by atoms with Gasteiger partial charge < -0.3 is 5.73 Å². The highest BCUT2D eigenvalue weighted by Gasteiger charge is 2.24. The second kappa shape index (κ2) is 5.33. The Balaban J connectivity index is 2.00. The van der Waals surface area contributed by atoms with Gasteiger partial charge in [0.15, 0.2) is 0 Å². The minimum Gasteiger partial charge on any atom is -0.324 e. The highest BCUT2D eigenvalue weighted by Crippen LogP contribution is 2.35. The maximum atomic E-state index is 5.94. The van der Waals surface area contributed by atoms with Gasteiger partial charge in [0.1, 0.15) is 5.82 Å². The molecule has 3 heteroatoms. The topological polar surface area (TPSA) is 51.8 Å². The number of benzene rings is 1. The Morgan fingerprint density at radius 3 is 2.85 bits per heavy atom. The van der Waals surface area contributed by atoms with E-state index >= 15 is 0 Å². The van der Waals surface area contributed by atoms with Gasteiger partial charge in [-0.3, -0.25) is 0 Å². The van der Waals surface area contributed by atoms with E-state index in [0.717, 1.165) is 23.5 Å². The van der Waals surface area contributed by atoms with E-state index in [9.17, 15) is 0 Å². The largest absolute Gasteiger partial charge is 0.324 e. The molecule has 20 heavy (non-hydrogen) atoms. The molecule has 0 radical (unpaired) electrons. The Bertz CT molecular complexity index is 619. The van der Waals surface area contributed by atoms with Crippen molar-refractivity contribution in [1.29, 1.82) is 0 Å². The van der Waals surface area contributed by atoms with Crippen molar-refractivity contribution in [3.63, 3.8) is 0 Å².